The molecule has 5 rings (SSSR count). The zero-order valence-corrected chi connectivity index (χ0v) is 20.2. The summed E-state index contributed by atoms with van der Waals surface area (Å²) in [7, 11) is -3.53. The predicted molar refractivity (Wildman–Crippen MR) is 130 cm³/mol. The number of nitrogens with zero attached hydrogens (tertiary/aromatic N) is 4. The van der Waals surface area contributed by atoms with Crippen molar-refractivity contribution in [3.63, 3.8) is 0 Å². The first-order valence-electron chi connectivity index (χ1n) is 11.2. The summed E-state index contributed by atoms with van der Waals surface area (Å²) < 4.78 is 32.6. The number of carbonyl (C=O) groups is 1. The van der Waals surface area contributed by atoms with Crippen LogP contribution >= 0.6 is 11.6 Å². The van der Waals surface area contributed by atoms with Crippen LogP contribution in [-0.4, -0.2) is 52.7 Å². The predicted octanol–water partition coefficient (Wildman–Crippen LogP) is 3.18. The van der Waals surface area contributed by atoms with E-state index in [1.54, 1.807) is 36.8 Å². The van der Waals surface area contributed by atoms with Crippen LogP contribution in [0.1, 0.15) is 31.4 Å². The fourth-order valence-electron chi connectivity index (χ4n) is 4.03. The van der Waals surface area contributed by atoms with Gasteiger partial charge in [-0.25, -0.2) is 23.4 Å². The van der Waals surface area contributed by atoms with Crippen molar-refractivity contribution in [2.75, 3.05) is 23.3 Å². The van der Waals surface area contributed by atoms with E-state index in [0.29, 0.717) is 55.4 Å². The van der Waals surface area contributed by atoms with Gasteiger partial charge in [-0.3, -0.25) is 14.5 Å². The molecule has 0 radical (unpaired) electrons. The maximum absolute atomic E-state index is 13.6. The number of hydrogen-bond donors (Lipinski definition) is 2. The molecule has 3 aromatic heterocycles. The summed E-state index contributed by atoms with van der Waals surface area (Å²) in [6.45, 7) is 0.739. The third kappa shape index (κ3) is 5.12. The number of halogens is 1. The summed E-state index contributed by atoms with van der Waals surface area (Å²) in [4.78, 5) is 30.5. The quantitative estimate of drug-likeness (QED) is 0.490. The number of anilines is 2. The number of hydrogen-bond acceptors (Lipinski definition) is 8. The molecule has 10 nitrogen and oxygen atoms in total. The molecule has 2 fully saturated rings. The standard InChI is InChI=1S/C23H23ClN6O4S/c24-17-11-16(12-25-14-17)15-1-4-20(27-13-15)29-21(31)23(6-9-34-10-7-23)19-5-8-26-22(28-19)30-35(32,33)18-2-3-18/h1,4-5,8,11-14,18H,2-3,6-7,9-10H2,(H,26,28,30)(H,27,29,31). The third-order valence-electron chi connectivity index (χ3n) is 6.17. The van der Waals surface area contributed by atoms with E-state index < -0.39 is 20.7 Å². The molecular weight excluding hydrogens is 492 g/mol. The monoisotopic (exact) mass is 514 g/mol. The molecule has 1 saturated carbocycles. The molecule has 0 bridgehead atoms. The number of rotatable bonds is 7. The lowest BCUT2D eigenvalue weighted by molar-refractivity contribution is -0.125. The van der Waals surface area contributed by atoms with Gasteiger partial charge in [-0.05, 0) is 49.9 Å². The van der Waals surface area contributed by atoms with Crippen molar-refractivity contribution in [2.45, 2.75) is 36.3 Å². The highest BCUT2D eigenvalue weighted by Gasteiger charge is 2.44. The second-order valence-electron chi connectivity index (χ2n) is 8.58. The summed E-state index contributed by atoms with van der Waals surface area (Å²) >= 11 is 6.02. The van der Waals surface area contributed by atoms with Crippen LogP contribution in [0.5, 0.6) is 0 Å². The molecule has 1 saturated heterocycles. The van der Waals surface area contributed by atoms with E-state index in [9.17, 15) is 13.2 Å². The Morgan fingerprint density at radius 1 is 1.06 bits per heavy atom. The number of amides is 1. The van der Waals surface area contributed by atoms with Gasteiger partial charge in [-0.1, -0.05) is 11.6 Å². The van der Waals surface area contributed by atoms with Crippen molar-refractivity contribution in [3.05, 3.63) is 59.8 Å². The lowest BCUT2D eigenvalue weighted by atomic mass is 9.76. The van der Waals surface area contributed by atoms with E-state index in [0.717, 1.165) is 11.1 Å². The molecule has 0 atom stereocenters. The highest BCUT2D eigenvalue weighted by atomic mass is 35.5. The molecule has 1 aliphatic carbocycles. The number of carbonyl (C=O) groups excluding carboxylic acids is 1. The Bertz CT molecular complexity index is 1340. The minimum atomic E-state index is -3.53. The molecule has 182 valence electrons. The zero-order valence-electron chi connectivity index (χ0n) is 18.6. The highest BCUT2D eigenvalue weighted by Crippen LogP contribution is 2.36. The molecule has 3 aromatic rings. The van der Waals surface area contributed by atoms with Gasteiger partial charge in [-0.15, -0.1) is 0 Å². The molecule has 1 aliphatic heterocycles. The molecule has 4 heterocycles. The molecule has 0 unspecified atom stereocenters. The molecule has 0 aromatic carbocycles. The zero-order chi connectivity index (χ0) is 24.5. The summed E-state index contributed by atoms with van der Waals surface area (Å²) in [6.07, 6.45) is 8.35. The van der Waals surface area contributed by atoms with Crippen LogP contribution in [0.3, 0.4) is 0 Å². The third-order valence-corrected chi connectivity index (χ3v) is 8.19. The van der Waals surface area contributed by atoms with E-state index >= 15 is 0 Å². The first-order chi connectivity index (χ1) is 16.9. The van der Waals surface area contributed by atoms with Gasteiger partial charge < -0.3 is 10.1 Å². The maximum atomic E-state index is 13.6. The number of nitrogens with one attached hydrogen (secondary N) is 2. The molecule has 0 spiro atoms. The summed E-state index contributed by atoms with van der Waals surface area (Å²) in [5.41, 5.74) is 1.04. The van der Waals surface area contributed by atoms with Gasteiger partial charge in [0.2, 0.25) is 21.9 Å². The summed E-state index contributed by atoms with van der Waals surface area (Å²) in [6, 6.07) is 6.95. The fourth-order valence-corrected chi connectivity index (χ4v) is 5.48. The van der Waals surface area contributed by atoms with Crippen molar-refractivity contribution < 1.29 is 17.9 Å². The minimum Gasteiger partial charge on any atom is -0.381 e. The normalized spacial score (nSPS) is 17.5. The SMILES string of the molecule is O=C(Nc1ccc(-c2cncc(Cl)c2)cn1)C1(c2ccnc(NS(=O)(=O)C3CC3)n2)CCOCC1. The summed E-state index contributed by atoms with van der Waals surface area (Å²) in [5, 5.41) is 3.00. The molecule has 35 heavy (non-hydrogen) atoms. The Morgan fingerprint density at radius 2 is 1.86 bits per heavy atom. The van der Waals surface area contributed by atoms with Gasteiger partial charge in [0.05, 0.1) is 21.4 Å². The van der Waals surface area contributed by atoms with Crippen molar-refractivity contribution in [1.82, 2.24) is 19.9 Å². The molecular formula is C23H23ClN6O4S. The Balaban J connectivity index is 1.38. The van der Waals surface area contributed by atoms with Crippen molar-refractivity contribution in [3.8, 4) is 11.1 Å². The fraction of sp³-hybridized carbons (Fsp3) is 0.348. The van der Waals surface area contributed by atoms with Crippen LogP contribution < -0.4 is 10.0 Å². The number of pyridine rings is 2. The average molecular weight is 515 g/mol. The van der Waals surface area contributed by atoms with Crippen LogP contribution in [0, 0.1) is 0 Å². The van der Waals surface area contributed by atoms with Crippen LogP contribution in [0.15, 0.2) is 49.1 Å². The number of ether oxygens (including phenoxy) is 1. The van der Waals surface area contributed by atoms with Gasteiger partial charge >= 0.3 is 0 Å². The van der Waals surface area contributed by atoms with Gasteiger partial charge in [0, 0.05) is 49.1 Å². The largest absolute Gasteiger partial charge is 0.381 e. The van der Waals surface area contributed by atoms with Crippen molar-refractivity contribution >= 4 is 39.3 Å². The topological polar surface area (TPSA) is 136 Å². The molecule has 12 heteroatoms. The maximum Gasteiger partial charge on any atom is 0.237 e. The summed E-state index contributed by atoms with van der Waals surface area (Å²) in [5.74, 6) is 0.0502. The van der Waals surface area contributed by atoms with Crippen LogP contribution in [0.25, 0.3) is 11.1 Å². The Kier molecular flexibility index (Phi) is 6.39. The molecule has 1 amide bonds. The van der Waals surface area contributed by atoms with E-state index in [4.69, 9.17) is 16.3 Å². The lowest BCUT2D eigenvalue weighted by Gasteiger charge is -2.35. The highest BCUT2D eigenvalue weighted by molar-refractivity contribution is 7.93. The van der Waals surface area contributed by atoms with Crippen LogP contribution in [0.2, 0.25) is 5.02 Å². The second-order valence-corrected chi connectivity index (χ2v) is 11.0. The van der Waals surface area contributed by atoms with Gasteiger partial charge in [0.25, 0.3) is 0 Å². The van der Waals surface area contributed by atoms with E-state index in [1.807, 2.05) is 6.07 Å². The first kappa shape index (κ1) is 23.6. The smallest absolute Gasteiger partial charge is 0.237 e. The first-order valence-corrected chi connectivity index (χ1v) is 13.1. The Hall–Kier alpha value is -3.15. The van der Waals surface area contributed by atoms with Gasteiger partial charge in [0.15, 0.2) is 0 Å². The van der Waals surface area contributed by atoms with E-state index in [2.05, 4.69) is 30.0 Å². The lowest BCUT2D eigenvalue weighted by Crippen LogP contribution is -2.45. The Labute approximate surface area is 207 Å². The molecule has 2 N–H and O–H groups in total. The van der Waals surface area contributed by atoms with Crippen molar-refractivity contribution in [2.24, 2.45) is 0 Å². The van der Waals surface area contributed by atoms with Gasteiger partial charge in [0.1, 0.15) is 5.82 Å². The average Bonchev–Trinajstić information content (AvgIpc) is 3.71. The Morgan fingerprint density at radius 3 is 2.54 bits per heavy atom. The van der Waals surface area contributed by atoms with Crippen molar-refractivity contribution in [1.29, 1.82) is 0 Å². The second kappa shape index (κ2) is 9.48. The van der Waals surface area contributed by atoms with Gasteiger partial charge in [-0.2, -0.15) is 0 Å². The van der Waals surface area contributed by atoms with Crippen LogP contribution in [0.4, 0.5) is 11.8 Å². The van der Waals surface area contributed by atoms with E-state index in [-0.39, 0.29) is 11.9 Å². The number of sulfonamides is 1. The minimum absolute atomic E-state index is 0.0364. The van der Waals surface area contributed by atoms with E-state index in [1.165, 1.54) is 6.20 Å². The van der Waals surface area contributed by atoms with Crippen LogP contribution in [-0.2, 0) is 25.0 Å². The number of aromatic nitrogens is 4. The molecule has 2 aliphatic rings.